The highest BCUT2D eigenvalue weighted by atomic mass is 31.2. The van der Waals surface area contributed by atoms with Crippen LogP contribution < -0.4 is 10.2 Å². The fourth-order valence-corrected chi connectivity index (χ4v) is 2.95. The van der Waals surface area contributed by atoms with E-state index in [0.29, 0.717) is 12.2 Å². The molecular formula is C17H20N5O4P. The van der Waals surface area contributed by atoms with Gasteiger partial charge in [0, 0.05) is 12.2 Å². The molecule has 3 N–H and O–H groups in total. The zero-order valence-corrected chi connectivity index (χ0v) is 15.8. The maximum atomic E-state index is 11.4. The topological polar surface area (TPSA) is 122 Å². The minimum atomic E-state index is -3.71. The number of benzene rings is 2. The van der Waals surface area contributed by atoms with Gasteiger partial charge < -0.3 is 9.63 Å². The number of tetrazole rings is 1. The van der Waals surface area contributed by atoms with Crippen molar-refractivity contribution < 1.29 is 18.8 Å². The maximum Gasteiger partial charge on any atom is 0.341 e. The lowest BCUT2D eigenvalue weighted by Gasteiger charge is -2.18. The van der Waals surface area contributed by atoms with E-state index in [4.69, 9.17) is 9.36 Å². The van der Waals surface area contributed by atoms with E-state index < -0.39 is 13.6 Å². The van der Waals surface area contributed by atoms with E-state index in [1.807, 2.05) is 48.5 Å². The average Bonchev–Trinajstić information content (AvgIpc) is 3.19. The van der Waals surface area contributed by atoms with Crippen LogP contribution in [0.2, 0.25) is 0 Å². The molecule has 0 aliphatic carbocycles. The second kappa shape index (κ2) is 8.41. The minimum absolute atomic E-state index is 0.384. The van der Waals surface area contributed by atoms with Gasteiger partial charge in [-0.3, -0.25) is 4.57 Å². The van der Waals surface area contributed by atoms with Gasteiger partial charge in [0.15, 0.2) is 5.82 Å². The molecule has 0 spiro atoms. The molecule has 2 aromatic carbocycles. The summed E-state index contributed by atoms with van der Waals surface area (Å²) >= 11 is 0. The van der Waals surface area contributed by atoms with Crippen LogP contribution in [0, 0.1) is 0 Å². The van der Waals surface area contributed by atoms with E-state index in [-0.39, 0.29) is 0 Å². The van der Waals surface area contributed by atoms with Crippen molar-refractivity contribution in [2.45, 2.75) is 12.5 Å². The standard InChI is InChI=1S/C17H20N5O4P/c1-25-16-11-12(8-9-14(16)13-6-4-3-5-7-13)10-15(17-18-21-22-19-17)20-26-27(2,23)24/h3-9,11,15,20H,10H2,1-2H3,(H,23,24)(H,18,19,21,22)/t15-/m0/s1. The number of ether oxygens (including phenoxy) is 1. The fraction of sp³-hybridized carbons (Fsp3) is 0.235. The number of H-pyrrole nitrogens is 1. The van der Waals surface area contributed by atoms with Gasteiger partial charge in [-0.25, -0.2) is 9.72 Å². The van der Waals surface area contributed by atoms with Crippen LogP contribution in [0.1, 0.15) is 17.4 Å². The van der Waals surface area contributed by atoms with Crippen LogP contribution in [0.5, 0.6) is 5.75 Å². The highest BCUT2D eigenvalue weighted by Gasteiger charge is 2.21. The van der Waals surface area contributed by atoms with Crippen molar-refractivity contribution >= 4 is 7.60 Å². The highest BCUT2D eigenvalue weighted by molar-refractivity contribution is 7.51. The molecule has 0 saturated heterocycles. The van der Waals surface area contributed by atoms with Gasteiger partial charge in [-0.1, -0.05) is 42.5 Å². The summed E-state index contributed by atoms with van der Waals surface area (Å²) in [4.78, 5) is 9.36. The number of aromatic nitrogens is 4. The van der Waals surface area contributed by atoms with Crippen molar-refractivity contribution in [3.63, 3.8) is 0 Å². The first-order valence-corrected chi connectivity index (χ1v) is 10.2. The Morgan fingerprint density at radius 2 is 2.04 bits per heavy atom. The van der Waals surface area contributed by atoms with Crippen molar-refractivity contribution in [2.24, 2.45) is 0 Å². The monoisotopic (exact) mass is 389 g/mol. The molecule has 0 amide bonds. The van der Waals surface area contributed by atoms with Crippen LogP contribution >= 0.6 is 7.60 Å². The molecule has 0 saturated carbocycles. The molecule has 0 fully saturated rings. The Balaban J connectivity index is 1.84. The van der Waals surface area contributed by atoms with Crippen LogP contribution in [-0.2, 0) is 15.6 Å². The van der Waals surface area contributed by atoms with Crippen LogP contribution in [0.4, 0.5) is 0 Å². The maximum absolute atomic E-state index is 11.4. The summed E-state index contributed by atoms with van der Waals surface area (Å²) in [5.41, 5.74) is 5.49. The Hall–Kier alpha value is -2.58. The second-order valence-electron chi connectivity index (χ2n) is 5.96. The largest absolute Gasteiger partial charge is 0.496 e. The van der Waals surface area contributed by atoms with Crippen LogP contribution in [-0.4, -0.2) is 39.3 Å². The van der Waals surface area contributed by atoms with E-state index in [0.717, 1.165) is 29.1 Å². The first kappa shape index (κ1) is 19.2. The summed E-state index contributed by atoms with van der Waals surface area (Å²) in [5.74, 6) is 1.10. The molecule has 3 rings (SSSR count). The Morgan fingerprint density at radius 3 is 2.67 bits per heavy atom. The third kappa shape index (κ3) is 5.21. The molecule has 0 aliphatic rings. The zero-order valence-electron chi connectivity index (χ0n) is 14.9. The first-order chi connectivity index (χ1) is 13.0. The lowest BCUT2D eigenvalue weighted by atomic mass is 9.99. The Bertz CT molecular complexity index is 914. The van der Waals surface area contributed by atoms with Crippen molar-refractivity contribution in [3.8, 4) is 16.9 Å². The summed E-state index contributed by atoms with van der Waals surface area (Å²) in [5, 5.41) is 13.6. The van der Waals surface area contributed by atoms with E-state index in [2.05, 4.69) is 26.1 Å². The lowest BCUT2D eigenvalue weighted by Crippen LogP contribution is -2.24. The number of nitrogens with zero attached hydrogens (tertiary/aromatic N) is 3. The van der Waals surface area contributed by atoms with Crippen molar-refractivity contribution in [1.29, 1.82) is 0 Å². The van der Waals surface area contributed by atoms with Gasteiger partial charge in [0.05, 0.1) is 13.2 Å². The molecule has 1 aromatic heterocycles. The number of hydroxylamine groups is 1. The average molecular weight is 389 g/mol. The predicted octanol–water partition coefficient (Wildman–Crippen LogP) is 2.50. The van der Waals surface area contributed by atoms with E-state index in [1.54, 1.807) is 7.11 Å². The minimum Gasteiger partial charge on any atom is -0.496 e. The molecule has 3 aromatic rings. The smallest absolute Gasteiger partial charge is 0.341 e. The normalized spacial score (nSPS) is 14.5. The van der Waals surface area contributed by atoms with Crippen LogP contribution in [0.15, 0.2) is 48.5 Å². The van der Waals surface area contributed by atoms with E-state index in [1.165, 1.54) is 0 Å². The Kier molecular flexibility index (Phi) is 5.98. The summed E-state index contributed by atoms with van der Waals surface area (Å²) in [6, 6.07) is 15.2. The third-order valence-electron chi connectivity index (χ3n) is 3.85. The molecule has 0 bridgehead atoms. The van der Waals surface area contributed by atoms with Crippen molar-refractivity contribution in [2.75, 3.05) is 13.8 Å². The third-order valence-corrected chi connectivity index (χ3v) is 4.29. The summed E-state index contributed by atoms with van der Waals surface area (Å²) in [6.07, 6.45) is 0.405. The molecule has 2 atom stereocenters. The highest BCUT2D eigenvalue weighted by Crippen LogP contribution is 2.36. The molecule has 0 radical (unpaired) electrons. The second-order valence-corrected chi connectivity index (χ2v) is 7.74. The number of aromatic amines is 1. The number of methoxy groups -OCH3 is 1. The number of hydrogen-bond acceptors (Lipinski definition) is 7. The molecule has 27 heavy (non-hydrogen) atoms. The lowest BCUT2D eigenvalue weighted by molar-refractivity contribution is 0.131. The molecule has 9 nitrogen and oxygen atoms in total. The van der Waals surface area contributed by atoms with Crippen LogP contribution in [0.3, 0.4) is 0 Å². The Labute approximate surface area is 156 Å². The zero-order chi connectivity index (χ0) is 19.3. The van der Waals surface area contributed by atoms with E-state index >= 15 is 0 Å². The predicted molar refractivity (Wildman–Crippen MR) is 99.0 cm³/mol. The van der Waals surface area contributed by atoms with Crippen molar-refractivity contribution in [1.82, 2.24) is 26.1 Å². The molecule has 1 unspecified atom stereocenters. The summed E-state index contributed by atoms with van der Waals surface area (Å²) in [7, 11) is -2.09. The fourth-order valence-electron chi connectivity index (χ4n) is 2.62. The molecule has 1 heterocycles. The first-order valence-electron chi connectivity index (χ1n) is 8.16. The quantitative estimate of drug-likeness (QED) is 0.397. The number of nitrogens with one attached hydrogen (secondary N) is 2. The van der Waals surface area contributed by atoms with Gasteiger partial charge in [-0.2, -0.15) is 5.48 Å². The van der Waals surface area contributed by atoms with E-state index in [9.17, 15) is 9.46 Å². The van der Waals surface area contributed by atoms with Crippen LogP contribution in [0.25, 0.3) is 11.1 Å². The molecule has 0 aliphatic heterocycles. The van der Waals surface area contributed by atoms with Gasteiger partial charge in [-0.05, 0) is 34.0 Å². The van der Waals surface area contributed by atoms with Crippen molar-refractivity contribution in [3.05, 3.63) is 59.9 Å². The van der Waals surface area contributed by atoms with Gasteiger partial charge in [-0.15, -0.1) is 5.10 Å². The SMILES string of the molecule is COc1cc(C[C@H](NOP(C)(=O)O)c2nnn[nH]2)ccc1-c1ccccc1. The van der Waals surface area contributed by atoms with Gasteiger partial charge in [0.25, 0.3) is 0 Å². The molecule has 142 valence electrons. The van der Waals surface area contributed by atoms with Gasteiger partial charge in [0.1, 0.15) is 5.75 Å². The summed E-state index contributed by atoms with van der Waals surface area (Å²) in [6.45, 7) is 1.09. The molecular weight excluding hydrogens is 369 g/mol. The number of rotatable bonds is 8. The molecule has 10 heteroatoms. The van der Waals surface area contributed by atoms with Gasteiger partial charge in [0.2, 0.25) is 0 Å². The number of hydrogen-bond donors (Lipinski definition) is 3. The van der Waals surface area contributed by atoms with Gasteiger partial charge >= 0.3 is 7.60 Å². The Morgan fingerprint density at radius 1 is 1.26 bits per heavy atom. The summed E-state index contributed by atoms with van der Waals surface area (Å²) < 4.78 is 21.8.